The van der Waals surface area contributed by atoms with Gasteiger partial charge in [-0.1, -0.05) is 6.07 Å². The zero-order valence-electron chi connectivity index (χ0n) is 8.29. The van der Waals surface area contributed by atoms with Gasteiger partial charge in [-0.15, -0.1) is 0 Å². The summed E-state index contributed by atoms with van der Waals surface area (Å²) in [7, 11) is 1.42. The third-order valence-corrected chi connectivity index (χ3v) is 2.47. The van der Waals surface area contributed by atoms with E-state index < -0.39 is 12.2 Å². The number of rotatable bonds is 4. The van der Waals surface area contributed by atoms with Crippen LogP contribution < -0.4 is 4.74 Å². The summed E-state index contributed by atoms with van der Waals surface area (Å²) in [6, 6.07) is 4.41. The molecule has 0 amide bonds. The summed E-state index contributed by atoms with van der Waals surface area (Å²) < 4.78 is 4.89. The SMILES string of the molecule is COc1cc(C(O)C(O)CS)ccc1O. The van der Waals surface area contributed by atoms with Gasteiger partial charge in [0, 0.05) is 5.75 Å². The van der Waals surface area contributed by atoms with Crippen molar-refractivity contribution in [1.82, 2.24) is 0 Å². The number of hydrogen-bond acceptors (Lipinski definition) is 5. The van der Waals surface area contributed by atoms with E-state index in [4.69, 9.17) is 4.74 Å². The van der Waals surface area contributed by atoms with Crippen LogP contribution in [-0.4, -0.2) is 34.3 Å². The number of benzene rings is 1. The van der Waals surface area contributed by atoms with Crippen LogP contribution in [0.25, 0.3) is 0 Å². The van der Waals surface area contributed by atoms with Crippen LogP contribution in [0.2, 0.25) is 0 Å². The van der Waals surface area contributed by atoms with Crippen molar-refractivity contribution in [2.75, 3.05) is 12.9 Å². The van der Waals surface area contributed by atoms with Crippen molar-refractivity contribution in [2.45, 2.75) is 12.2 Å². The van der Waals surface area contributed by atoms with Crippen molar-refractivity contribution in [2.24, 2.45) is 0 Å². The largest absolute Gasteiger partial charge is 0.504 e. The Labute approximate surface area is 93.5 Å². The molecular formula is C10H14O4S. The average Bonchev–Trinajstić information content (AvgIpc) is 2.27. The van der Waals surface area contributed by atoms with E-state index in [1.54, 1.807) is 0 Å². The molecule has 1 rings (SSSR count). The van der Waals surface area contributed by atoms with Crippen molar-refractivity contribution in [3.05, 3.63) is 23.8 Å². The number of phenolic OH excluding ortho intramolecular Hbond substituents is 1. The second-order valence-corrected chi connectivity index (χ2v) is 3.49. The normalized spacial score (nSPS) is 14.7. The fourth-order valence-corrected chi connectivity index (χ4v) is 1.40. The number of thiol groups is 1. The topological polar surface area (TPSA) is 69.9 Å². The van der Waals surface area contributed by atoms with Gasteiger partial charge in [0.1, 0.15) is 6.10 Å². The van der Waals surface area contributed by atoms with Gasteiger partial charge in [-0.3, -0.25) is 0 Å². The van der Waals surface area contributed by atoms with Gasteiger partial charge < -0.3 is 20.1 Å². The first kappa shape index (κ1) is 12.2. The Bertz CT molecular complexity index is 329. The highest BCUT2D eigenvalue weighted by Crippen LogP contribution is 2.29. The summed E-state index contributed by atoms with van der Waals surface area (Å²) >= 11 is 3.88. The van der Waals surface area contributed by atoms with Gasteiger partial charge in [-0.2, -0.15) is 12.6 Å². The Kier molecular flexibility index (Phi) is 4.26. The summed E-state index contributed by atoms with van der Waals surface area (Å²) in [6.45, 7) is 0. The minimum Gasteiger partial charge on any atom is -0.504 e. The lowest BCUT2D eigenvalue weighted by atomic mass is 10.0. The molecule has 0 aliphatic heterocycles. The van der Waals surface area contributed by atoms with Gasteiger partial charge in [-0.05, 0) is 17.7 Å². The minimum absolute atomic E-state index is 0.00573. The van der Waals surface area contributed by atoms with Crippen LogP contribution >= 0.6 is 12.6 Å². The second kappa shape index (κ2) is 5.25. The number of methoxy groups -OCH3 is 1. The molecule has 3 N–H and O–H groups in total. The van der Waals surface area contributed by atoms with Crippen molar-refractivity contribution in [3.8, 4) is 11.5 Å². The van der Waals surface area contributed by atoms with Crippen LogP contribution in [0.3, 0.4) is 0 Å². The number of hydrogen-bond donors (Lipinski definition) is 4. The van der Waals surface area contributed by atoms with Crippen LogP contribution in [0, 0.1) is 0 Å². The number of aromatic hydroxyl groups is 1. The van der Waals surface area contributed by atoms with E-state index in [9.17, 15) is 15.3 Å². The van der Waals surface area contributed by atoms with E-state index >= 15 is 0 Å². The molecule has 0 spiro atoms. The Balaban J connectivity index is 2.95. The van der Waals surface area contributed by atoms with Gasteiger partial charge >= 0.3 is 0 Å². The summed E-state index contributed by atoms with van der Waals surface area (Å²) in [6.07, 6.45) is -1.97. The number of phenols is 1. The molecular weight excluding hydrogens is 216 g/mol. The van der Waals surface area contributed by atoms with Crippen LogP contribution in [0.15, 0.2) is 18.2 Å². The monoisotopic (exact) mass is 230 g/mol. The Morgan fingerprint density at radius 1 is 1.40 bits per heavy atom. The molecule has 1 aromatic carbocycles. The van der Waals surface area contributed by atoms with E-state index in [0.29, 0.717) is 5.56 Å². The Morgan fingerprint density at radius 2 is 2.07 bits per heavy atom. The summed E-state index contributed by atoms with van der Waals surface area (Å²) in [4.78, 5) is 0. The Hall–Kier alpha value is -0.910. The molecule has 0 radical (unpaired) electrons. The van der Waals surface area contributed by atoms with Gasteiger partial charge in [0.2, 0.25) is 0 Å². The maximum absolute atomic E-state index is 9.66. The van der Waals surface area contributed by atoms with Crippen molar-refractivity contribution >= 4 is 12.6 Å². The second-order valence-electron chi connectivity index (χ2n) is 3.13. The lowest BCUT2D eigenvalue weighted by Gasteiger charge is -2.17. The number of ether oxygens (including phenoxy) is 1. The van der Waals surface area contributed by atoms with Crippen LogP contribution in [0.4, 0.5) is 0 Å². The molecule has 0 saturated carbocycles. The summed E-state index contributed by atoms with van der Waals surface area (Å²) in [5.74, 6) is 0.413. The van der Waals surface area contributed by atoms with E-state index in [0.717, 1.165) is 0 Å². The summed E-state index contributed by atoms with van der Waals surface area (Å²) in [5, 5.41) is 28.4. The molecule has 2 atom stereocenters. The predicted molar refractivity (Wildman–Crippen MR) is 59.5 cm³/mol. The molecule has 0 heterocycles. The van der Waals surface area contributed by atoms with Crippen molar-refractivity contribution in [3.63, 3.8) is 0 Å². The summed E-state index contributed by atoms with van der Waals surface area (Å²) in [5.41, 5.74) is 0.478. The molecule has 0 bridgehead atoms. The molecule has 0 aromatic heterocycles. The first-order chi connectivity index (χ1) is 7.10. The van der Waals surface area contributed by atoms with E-state index in [2.05, 4.69) is 12.6 Å². The highest BCUT2D eigenvalue weighted by atomic mass is 32.1. The standard InChI is InChI=1S/C10H14O4S/c1-14-9-4-6(2-3-7(9)11)10(13)8(12)5-15/h2-4,8,10-13,15H,5H2,1H3. The van der Waals surface area contributed by atoms with E-state index in [1.165, 1.54) is 25.3 Å². The van der Waals surface area contributed by atoms with Crippen LogP contribution in [0.5, 0.6) is 11.5 Å². The third kappa shape index (κ3) is 2.77. The zero-order chi connectivity index (χ0) is 11.4. The smallest absolute Gasteiger partial charge is 0.160 e. The molecule has 0 aliphatic rings. The van der Waals surface area contributed by atoms with Gasteiger partial charge in [0.15, 0.2) is 11.5 Å². The number of aliphatic hydroxyl groups is 2. The molecule has 0 aliphatic carbocycles. The molecule has 0 saturated heterocycles. The number of aliphatic hydroxyl groups excluding tert-OH is 2. The van der Waals surface area contributed by atoms with Crippen LogP contribution in [-0.2, 0) is 0 Å². The quantitative estimate of drug-likeness (QED) is 0.575. The average molecular weight is 230 g/mol. The highest BCUT2D eigenvalue weighted by molar-refractivity contribution is 7.80. The molecule has 1 aromatic rings. The van der Waals surface area contributed by atoms with Crippen LogP contribution in [0.1, 0.15) is 11.7 Å². The van der Waals surface area contributed by atoms with Gasteiger partial charge in [0.25, 0.3) is 0 Å². The molecule has 0 fully saturated rings. The molecule has 4 nitrogen and oxygen atoms in total. The predicted octanol–water partition coefficient (Wildman–Crippen LogP) is 0.725. The lowest BCUT2D eigenvalue weighted by molar-refractivity contribution is 0.0336. The van der Waals surface area contributed by atoms with Gasteiger partial charge in [0.05, 0.1) is 13.2 Å². The zero-order valence-corrected chi connectivity index (χ0v) is 9.19. The maximum atomic E-state index is 9.66. The molecule has 2 unspecified atom stereocenters. The van der Waals surface area contributed by atoms with E-state index in [-0.39, 0.29) is 17.3 Å². The minimum atomic E-state index is -1.03. The first-order valence-corrected chi connectivity index (χ1v) is 5.07. The van der Waals surface area contributed by atoms with E-state index in [1.807, 2.05) is 0 Å². The third-order valence-electron chi connectivity index (χ3n) is 2.10. The fraction of sp³-hybridized carbons (Fsp3) is 0.400. The lowest BCUT2D eigenvalue weighted by Crippen LogP contribution is -2.19. The van der Waals surface area contributed by atoms with Crippen molar-refractivity contribution in [1.29, 1.82) is 0 Å². The molecule has 15 heavy (non-hydrogen) atoms. The fourth-order valence-electron chi connectivity index (χ4n) is 1.20. The Morgan fingerprint density at radius 3 is 2.60 bits per heavy atom. The highest BCUT2D eigenvalue weighted by Gasteiger charge is 2.18. The van der Waals surface area contributed by atoms with Gasteiger partial charge in [-0.25, -0.2) is 0 Å². The molecule has 5 heteroatoms. The molecule has 84 valence electrons. The first-order valence-electron chi connectivity index (χ1n) is 4.44. The maximum Gasteiger partial charge on any atom is 0.160 e. The van der Waals surface area contributed by atoms with Crippen molar-refractivity contribution < 1.29 is 20.1 Å².